The number of anilines is 1. The van der Waals surface area contributed by atoms with Gasteiger partial charge in [-0.05, 0) is 37.0 Å². The molecular weight excluding hydrogens is 186 g/mol. The molecule has 0 amide bonds. The van der Waals surface area contributed by atoms with Crippen molar-refractivity contribution in [2.45, 2.75) is 12.8 Å². The Morgan fingerprint density at radius 3 is 2.85 bits per heavy atom. The van der Waals surface area contributed by atoms with Crippen molar-refractivity contribution in [1.29, 1.82) is 0 Å². The van der Waals surface area contributed by atoms with Gasteiger partial charge in [-0.2, -0.15) is 0 Å². The summed E-state index contributed by atoms with van der Waals surface area (Å²) in [7, 11) is 0. The molecule has 0 saturated heterocycles. The molecule has 0 unspecified atom stereocenters. The lowest BCUT2D eigenvalue weighted by atomic mass is 10.3. The van der Waals surface area contributed by atoms with Crippen molar-refractivity contribution in [2.75, 3.05) is 12.3 Å². The first kappa shape index (κ1) is 8.70. The van der Waals surface area contributed by atoms with Gasteiger partial charge in [0.25, 0.3) is 0 Å². The fraction of sp³-hybridized carbons (Fsp3) is 0.400. The third-order valence-corrected chi connectivity index (χ3v) is 2.38. The zero-order valence-electron chi connectivity index (χ0n) is 7.29. The van der Waals surface area contributed by atoms with Crippen molar-refractivity contribution in [3.05, 3.63) is 23.2 Å². The third-order valence-electron chi connectivity index (χ3n) is 2.14. The Balaban J connectivity index is 2.01. The minimum Gasteiger partial charge on any atom is -0.491 e. The molecule has 1 aliphatic carbocycles. The van der Waals surface area contributed by atoms with Crippen molar-refractivity contribution in [3.8, 4) is 5.75 Å². The van der Waals surface area contributed by atoms with Crippen LogP contribution in [0.2, 0.25) is 5.02 Å². The summed E-state index contributed by atoms with van der Waals surface area (Å²) in [5.41, 5.74) is 6.34. The predicted octanol–water partition coefficient (Wildman–Crippen LogP) is 2.71. The molecule has 0 radical (unpaired) electrons. The van der Waals surface area contributed by atoms with Crippen LogP contribution in [0.1, 0.15) is 12.8 Å². The summed E-state index contributed by atoms with van der Waals surface area (Å²) in [6.45, 7) is 0.784. The van der Waals surface area contributed by atoms with E-state index in [0.717, 1.165) is 18.3 Å². The fourth-order valence-electron chi connectivity index (χ4n) is 1.14. The van der Waals surface area contributed by atoms with Crippen molar-refractivity contribution >= 4 is 17.3 Å². The van der Waals surface area contributed by atoms with Gasteiger partial charge in [0, 0.05) is 5.02 Å². The first-order chi connectivity index (χ1) is 6.25. The number of hydrogen-bond acceptors (Lipinski definition) is 2. The second kappa shape index (κ2) is 3.46. The van der Waals surface area contributed by atoms with Crippen LogP contribution in [0, 0.1) is 5.92 Å². The SMILES string of the molecule is Nc1cc(Cl)ccc1OCC1CC1. The van der Waals surface area contributed by atoms with Crippen molar-refractivity contribution in [1.82, 2.24) is 0 Å². The zero-order chi connectivity index (χ0) is 9.26. The van der Waals surface area contributed by atoms with E-state index < -0.39 is 0 Å². The molecule has 0 heterocycles. The second-order valence-electron chi connectivity index (χ2n) is 3.44. The Hall–Kier alpha value is -0.890. The zero-order valence-corrected chi connectivity index (χ0v) is 8.05. The topological polar surface area (TPSA) is 35.2 Å². The minimum atomic E-state index is 0.619. The van der Waals surface area contributed by atoms with E-state index in [4.69, 9.17) is 22.1 Å². The molecule has 3 heteroatoms. The van der Waals surface area contributed by atoms with Gasteiger partial charge < -0.3 is 10.5 Å². The van der Waals surface area contributed by atoms with Crippen molar-refractivity contribution in [2.24, 2.45) is 5.92 Å². The summed E-state index contributed by atoms with van der Waals surface area (Å²) >= 11 is 5.76. The van der Waals surface area contributed by atoms with Crippen LogP contribution in [-0.2, 0) is 0 Å². The van der Waals surface area contributed by atoms with Gasteiger partial charge in [-0.15, -0.1) is 0 Å². The average molecular weight is 198 g/mol. The molecule has 1 aliphatic rings. The first-order valence-corrected chi connectivity index (χ1v) is 4.81. The van der Waals surface area contributed by atoms with E-state index >= 15 is 0 Å². The molecule has 13 heavy (non-hydrogen) atoms. The molecule has 2 rings (SSSR count). The van der Waals surface area contributed by atoms with E-state index in [9.17, 15) is 0 Å². The summed E-state index contributed by atoms with van der Waals surface area (Å²) in [6.07, 6.45) is 2.57. The number of halogens is 1. The number of ether oxygens (including phenoxy) is 1. The molecular formula is C10H12ClNO. The van der Waals surface area contributed by atoms with Gasteiger partial charge in [-0.25, -0.2) is 0 Å². The highest BCUT2D eigenvalue weighted by molar-refractivity contribution is 6.30. The quantitative estimate of drug-likeness (QED) is 0.757. The molecule has 70 valence electrons. The summed E-state index contributed by atoms with van der Waals surface area (Å²) in [4.78, 5) is 0. The van der Waals surface area contributed by atoms with Crippen LogP contribution in [0.25, 0.3) is 0 Å². The van der Waals surface area contributed by atoms with E-state index in [-0.39, 0.29) is 0 Å². The van der Waals surface area contributed by atoms with E-state index in [1.165, 1.54) is 12.8 Å². The largest absolute Gasteiger partial charge is 0.491 e. The van der Waals surface area contributed by atoms with Crippen LogP contribution in [0.5, 0.6) is 5.75 Å². The van der Waals surface area contributed by atoms with Gasteiger partial charge in [0.05, 0.1) is 12.3 Å². The maximum absolute atomic E-state index is 5.76. The molecule has 0 atom stereocenters. The monoisotopic (exact) mass is 197 g/mol. The van der Waals surface area contributed by atoms with Gasteiger partial charge >= 0.3 is 0 Å². The van der Waals surface area contributed by atoms with Gasteiger partial charge in [0.15, 0.2) is 0 Å². The lowest BCUT2D eigenvalue weighted by Gasteiger charge is -2.07. The van der Waals surface area contributed by atoms with Crippen LogP contribution >= 0.6 is 11.6 Å². The number of rotatable bonds is 3. The van der Waals surface area contributed by atoms with Crippen LogP contribution in [0.4, 0.5) is 5.69 Å². The Kier molecular flexibility index (Phi) is 2.32. The van der Waals surface area contributed by atoms with Crippen LogP contribution in [0.3, 0.4) is 0 Å². The summed E-state index contributed by atoms with van der Waals surface area (Å²) < 4.78 is 5.53. The fourth-order valence-corrected chi connectivity index (χ4v) is 1.32. The van der Waals surface area contributed by atoms with E-state index in [2.05, 4.69) is 0 Å². The van der Waals surface area contributed by atoms with Crippen molar-refractivity contribution < 1.29 is 4.74 Å². The van der Waals surface area contributed by atoms with E-state index in [1.54, 1.807) is 12.1 Å². The molecule has 1 saturated carbocycles. The normalized spacial score (nSPS) is 15.8. The van der Waals surface area contributed by atoms with Gasteiger partial charge in [-0.1, -0.05) is 11.6 Å². The Labute approximate surface area is 82.6 Å². The highest BCUT2D eigenvalue weighted by atomic mass is 35.5. The Morgan fingerprint density at radius 1 is 1.46 bits per heavy atom. The highest BCUT2D eigenvalue weighted by Crippen LogP contribution is 2.31. The van der Waals surface area contributed by atoms with Gasteiger partial charge in [-0.3, -0.25) is 0 Å². The molecule has 1 fully saturated rings. The number of nitrogen functional groups attached to an aromatic ring is 1. The molecule has 0 spiro atoms. The molecule has 0 bridgehead atoms. The number of nitrogens with two attached hydrogens (primary N) is 1. The maximum Gasteiger partial charge on any atom is 0.142 e. The molecule has 0 aromatic heterocycles. The smallest absolute Gasteiger partial charge is 0.142 e. The highest BCUT2D eigenvalue weighted by Gasteiger charge is 2.22. The van der Waals surface area contributed by atoms with Crippen LogP contribution in [0.15, 0.2) is 18.2 Å². The molecule has 1 aromatic carbocycles. The van der Waals surface area contributed by atoms with Crippen LogP contribution < -0.4 is 10.5 Å². The maximum atomic E-state index is 5.76. The Bertz CT molecular complexity index is 310. The van der Waals surface area contributed by atoms with E-state index in [1.807, 2.05) is 6.07 Å². The summed E-state index contributed by atoms with van der Waals surface area (Å²) in [6, 6.07) is 5.32. The Morgan fingerprint density at radius 2 is 2.23 bits per heavy atom. The van der Waals surface area contributed by atoms with Crippen molar-refractivity contribution in [3.63, 3.8) is 0 Å². The van der Waals surface area contributed by atoms with Gasteiger partial charge in [0.2, 0.25) is 0 Å². The lowest BCUT2D eigenvalue weighted by Crippen LogP contribution is -2.01. The molecule has 0 aliphatic heterocycles. The third kappa shape index (κ3) is 2.28. The molecule has 2 nitrogen and oxygen atoms in total. The number of benzene rings is 1. The second-order valence-corrected chi connectivity index (χ2v) is 3.87. The molecule has 1 aromatic rings. The summed E-state index contributed by atoms with van der Waals surface area (Å²) in [5.74, 6) is 1.49. The average Bonchev–Trinajstić information content (AvgIpc) is 2.86. The lowest BCUT2D eigenvalue weighted by molar-refractivity contribution is 0.301. The number of hydrogen-bond donors (Lipinski definition) is 1. The van der Waals surface area contributed by atoms with E-state index in [0.29, 0.717) is 10.7 Å². The standard InChI is InChI=1S/C10H12ClNO/c11-8-3-4-10(9(12)5-8)13-6-7-1-2-7/h3-5,7H,1-2,6,12H2. The first-order valence-electron chi connectivity index (χ1n) is 4.43. The van der Waals surface area contributed by atoms with Gasteiger partial charge in [0.1, 0.15) is 5.75 Å². The molecule has 2 N–H and O–H groups in total. The summed E-state index contributed by atoms with van der Waals surface area (Å²) in [5, 5.41) is 0.649. The predicted molar refractivity (Wildman–Crippen MR) is 54.1 cm³/mol. The van der Waals surface area contributed by atoms with Crippen LogP contribution in [-0.4, -0.2) is 6.61 Å². The minimum absolute atomic E-state index is 0.619.